The molecule has 1 saturated heterocycles. The first kappa shape index (κ1) is 13.1. The second-order valence-electron chi connectivity index (χ2n) is 5.40. The Hall–Kier alpha value is -1.35. The van der Waals surface area contributed by atoms with E-state index in [4.69, 9.17) is 0 Å². The van der Waals surface area contributed by atoms with Crippen LogP contribution in [-0.4, -0.2) is 29.6 Å². The van der Waals surface area contributed by atoms with Gasteiger partial charge in [0.05, 0.1) is 12.7 Å². The first-order chi connectivity index (χ1) is 8.59. The van der Waals surface area contributed by atoms with Crippen LogP contribution in [-0.2, 0) is 11.2 Å². The van der Waals surface area contributed by atoms with Gasteiger partial charge in [-0.2, -0.15) is 0 Å². The maximum Gasteiger partial charge on any atom is 0.241 e. The number of nitrogens with one attached hydrogen (secondary N) is 1. The number of carbonyl (C=O) groups excluding carboxylic acids is 1. The topological polar surface area (TPSA) is 32.3 Å². The van der Waals surface area contributed by atoms with Gasteiger partial charge in [0.2, 0.25) is 5.91 Å². The molecule has 98 valence electrons. The minimum absolute atomic E-state index is 0.0615. The van der Waals surface area contributed by atoms with Gasteiger partial charge in [0.1, 0.15) is 0 Å². The molecule has 1 amide bonds. The van der Waals surface area contributed by atoms with Crippen molar-refractivity contribution in [1.82, 2.24) is 10.2 Å². The van der Waals surface area contributed by atoms with Gasteiger partial charge in [-0.1, -0.05) is 44.2 Å². The van der Waals surface area contributed by atoms with Crippen LogP contribution in [0.1, 0.15) is 26.3 Å². The number of nitrogens with zero attached hydrogens (tertiary/aromatic N) is 1. The zero-order valence-corrected chi connectivity index (χ0v) is 11.4. The fourth-order valence-corrected chi connectivity index (χ4v) is 2.29. The number of rotatable bonds is 4. The average molecular weight is 246 g/mol. The predicted octanol–water partition coefficient (Wildman–Crippen LogP) is 2.03. The number of hydrogen-bond acceptors (Lipinski definition) is 2. The Morgan fingerprint density at radius 1 is 1.28 bits per heavy atom. The highest BCUT2D eigenvalue weighted by atomic mass is 16.2. The van der Waals surface area contributed by atoms with Crippen molar-refractivity contribution in [2.45, 2.75) is 39.3 Å². The lowest BCUT2D eigenvalue weighted by molar-refractivity contribution is -0.131. The van der Waals surface area contributed by atoms with Gasteiger partial charge in [-0.25, -0.2) is 0 Å². The molecule has 0 radical (unpaired) electrons. The predicted molar refractivity (Wildman–Crippen MR) is 73.1 cm³/mol. The van der Waals surface area contributed by atoms with Crippen molar-refractivity contribution >= 4 is 5.91 Å². The fourth-order valence-electron chi connectivity index (χ4n) is 2.29. The Kier molecular flexibility index (Phi) is 4.02. The molecule has 1 aliphatic rings. The molecule has 1 aromatic carbocycles. The van der Waals surface area contributed by atoms with Crippen LogP contribution in [0.25, 0.3) is 0 Å². The van der Waals surface area contributed by atoms with Crippen LogP contribution < -0.4 is 5.32 Å². The molecule has 1 aromatic rings. The molecule has 0 spiro atoms. The summed E-state index contributed by atoms with van der Waals surface area (Å²) in [5.41, 5.74) is 1.21. The summed E-state index contributed by atoms with van der Waals surface area (Å²) >= 11 is 0. The molecule has 1 heterocycles. The monoisotopic (exact) mass is 246 g/mol. The maximum absolute atomic E-state index is 12.3. The number of benzene rings is 1. The molecule has 0 aromatic heterocycles. The largest absolute Gasteiger partial charge is 0.326 e. The fraction of sp³-hybridized carbons (Fsp3) is 0.533. The van der Waals surface area contributed by atoms with Gasteiger partial charge in [0.25, 0.3) is 0 Å². The minimum Gasteiger partial charge on any atom is -0.326 e. The summed E-state index contributed by atoms with van der Waals surface area (Å²) in [5.74, 6) is 0.728. The van der Waals surface area contributed by atoms with E-state index in [9.17, 15) is 4.79 Å². The molecule has 0 aliphatic carbocycles. The van der Waals surface area contributed by atoms with Crippen molar-refractivity contribution in [2.24, 2.45) is 5.92 Å². The number of amides is 1. The second kappa shape index (κ2) is 5.53. The van der Waals surface area contributed by atoms with Gasteiger partial charge < -0.3 is 4.90 Å². The van der Waals surface area contributed by atoms with E-state index in [2.05, 4.69) is 38.2 Å². The molecular weight excluding hydrogens is 224 g/mol. The standard InChI is InChI=1S/C15H22N2O/c1-11(2)12(3)17-10-16-14(15(17)18)9-13-7-5-4-6-8-13/h4-8,11-12,14,16H,9-10H2,1-3H3. The van der Waals surface area contributed by atoms with Gasteiger partial charge in [0.15, 0.2) is 0 Å². The lowest BCUT2D eigenvalue weighted by atomic mass is 10.0. The third kappa shape index (κ3) is 2.72. The van der Waals surface area contributed by atoms with Gasteiger partial charge >= 0.3 is 0 Å². The van der Waals surface area contributed by atoms with Crippen molar-refractivity contribution in [2.75, 3.05) is 6.67 Å². The molecule has 1 fully saturated rings. The van der Waals surface area contributed by atoms with E-state index < -0.39 is 0 Å². The van der Waals surface area contributed by atoms with Gasteiger partial charge in [-0.05, 0) is 24.8 Å². The van der Waals surface area contributed by atoms with E-state index in [0.29, 0.717) is 18.6 Å². The van der Waals surface area contributed by atoms with Crippen LogP contribution in [0.3, 0.4) is 0 Å². The van der Waals surface area contributed by atoms with Crippen molar-refractivity contribution in [3.05, 3.63) is 35.9 Å². The maximum atomic E-state index is 12.3. The smallest absolute Gasteiger partial charge is 0.241 e. The Labute approximate surface area is 109 Å². The average Bonchev–Trinajstić information content (AvgIpc) is 2.71. The van der Waals surface area contributed by atoms with Crippen molar-refractivity contribution < 1.29 is 4.79 Å². The van der Waals surface area contributed by atoms with Gasteiger partial charge in [-0.15, -0.1) is 0 Å². The molecule has 0 bridgehead atoms. The zero-order chi connectivity index (χ0) is 13.1. The summed E-state index contributed by atoms with van der Waals surface area (Å²) in [7, 11) is 0. The van der Waals surface area contributed by atoms with Crippen LogP contribution in [0.5, 0.6) is 0 Å². The quantitative estimate of drug-likeness (QED) is 0.881. The molecule has 1 aliphatic heterocycles. The first-order valence-electron chi connectivity index (χ1n) is 6.67. The molecule has 18 heavy (non-hydrogen) atoms. The normalized spacial score (nSPS) is 21.7. The third-order valence-corrected chi connectivity index (χ3v) is 3.83. The summed E-state index contributed by atoms with van der Waals surface area (Å²) in [6.45, 7) is 7.11. The lowest BCUT2D eigenvalue weighted by Crippen LogP contribution is -2.40. The van der Waals surface area contributed by atoms with Crippen LogP contribution in [0.2, 0.25) is 0 Å². The van der Waals surface area contributed by atoms with Crippen molar-refractivity contribution in [3.63, 3.8) is 0 Å². The van der Waals surface area contributed by atoms with Crippen molar-refractivity contribution in [1.29, 1.82) is 0 Å². The minimum atomic E-state index is -0.0615. The van der Waals surface area contributed by atoms with E-state index in [1.807, 2.05) is 23.1 Å². The Bertz CT molecular complexity index is 402. The molecule has 3 nitrogen and oxygen atoms in total. The molecule has 2 unspecified atom stereocenters. The Balaban J connectivity index is 1.99. The zero-order valence-electron chi connectivity index (χ0n) is 11.4. The first-order valence-corrected chi connectivity index (χ1v) is 6.67. The molecular formula is C15H22N2O. The van der Waals surface area contributed by atoms with Gasteiger partial charge in [0, 0.05) is 6.04 Å². The number of carbonyl (C=O) groups is 1. The van der Waals surface area contributed by atoms with Crippen molar-refractivity contribution in [3.8, 4) is 0 Å². The van der Waals surface area contributed by atoms with E-state index in [0.717, 1.165) is 6.42 Å². The third-order valence-electron chi connectivity index (χ3n) is 3.83. The SMILES string of the molecule is CC(C)C(C)N1CNC(Cc2ccccc2)C1=O. The molecule has 2 rings (SSSR count). The summed E-state index contributed by atoms with van der Waals surface area (Å²) in [6, 6.07) is 10.4. The Morgan fingerprint density at radius 3 is 2.56 bits per heavy atom. The number of hydrogen-bond donors (Lipinski definition) is 1. The van der Waals surface area contributed by atoms with Crippen LogP contribution in [0.15, 0.2) is 30.3 Å². The highest BCUT2D eigenvalue weighted by Crippen LogP contribution is 2.17. The van der Waals surface area contributed by atoms with Crippen LogP contribution >= 0.6 is 0 Å². The molecule has 1 N–H and O–H groups in total. The summed E-state index contributed by atoms with van der Waals surface area (Å²) in [6.07, 6.45) is 0.779. The lowest BCUT2D eigenvalue weighted by Gasteiger charge is -2.27. The summed E-state index contributed by atoms with van der Waals surface area (Å²) in [5, 5.41) is 3.32. The highest BCUT2D eigenvalue weighted by molar-refractivity contribution is 5.84. The molecule has 3 heteroatoms. The highest BCUT2D eigenvalue weighted by Gasteiger charge is 2.34. The van der Waals surface area contributed by atoms with Crippen LogP contribution in [0, 0.1) is 5.92 Å². The molecule has 0 saturated carbocycles. The van der Waals surface area contributed by atoms with E-state index in [-0.39, 0.29) is 11.9 Å². The van der Waals surface area contributed by atoms with Crippen LogP contribution in [0.4, 0.5) is 0 Å². The second-order valence-corrected chi connectivity index (χ2v) is 5.40. The van der Waals surface area contributed by atoms with E-state index in [1.54, 1.807) is 0 Å². The summed E-state index contributed by atoms with van der Waals surface area (Å²) in [4.78, 5) is 14.3. The Morgan fingerprint density at radius 2 is 1.94 bits per heavy atom. The summed E-state index contributed by atoms with van der Waals surface area (Å²) < 4.78 is 0. The van der Waals surface area contributed by atoms with E-state index in [1.165, 1.54) is 5.56 Å². The molecule has 2 atom stereocenters. The van der Waals surface area contributed by atoms with E-state index >= 15 is 0 Å². The van der Waals surface area contributed by atoms with Gasteiger partial charge in [-0.3, -0.25) is 10.1 Å².